The van der Waals surface area contributed by atoms with Gasteiger partial charge in [0.15, 0.2) is 0 Å². The number of nitrogens with two attached hydrogens (primary N) is 1. The summed E-state index contributed by atoms with van der Waals surface area (Å²) >= 11 is 1.76. The van der Waals surface area contributed by atoms with Crippen LogP contribution in [0.5, 0.6) is 0 Å². The topological polar surface area (TPSA) is 98.6 Å². The number of anilines is 2. The van der Waals surface area contributed by atoms with Crippen LogP contribution in [-0.2, 0) is 0 Å². The summed E-state index contributed by atoms with van der Waals surface area (Å²) in [5.41, 5.74) is 5.68. The molecule has 0 radical (unpaired) electrons. The fourth-order valence-corrected chi connectivity index (χ4v) is 1.74. The van der Waals surface area contributed by atoms with Crippen molar-refractivity contribution < 1.29 is 0 Å². The Morgan fingerprint density at radius 3 is 2.89 bits per heavy atom. The third-order valence-corrected chi connectivity index (χ3v) is 2.82. The normalized spacial score (nSPS) is 10.6. The number of nitrogen functional groups attached to an aromatic ring is 1. The summed E-state index contributed by atoms with van der Waals surface area (Å²) < 4.78 is 1.45. The van der Waals surface area contributed by atoms with Gasteiger partial charge >= 0.3 is 0 Å². The maximum Gasteiger partial charge on any atom is 0.258 e. The first-order valence-electron chi connectivity index (χ1n) is 5.27. The summed E-state index contributed by atoms with van der Waals surface area (Å²) in [7, 11) is 1.91. The Bertz CT molecular complexity index is 499. The zero-order valence-electron chi connectivity index (χ0n) is 10.2. The minimum atomic E-state index is 0.168. The van der Waals surface area contributed by atoms with Gasteiger partial charge in [-0.3, -0.25) is 0 Å². The first-order chi connectivity index (χ1) is 8.70. The predicted molar refractivity (Wildman–Crippen MR) is 70.8 cm³/mol. The lowest BCUT2D eigenvalue weighted by atomic mass is 10.6. The van der Waals surface area contributed by atoms with Gasteiger partial charge in [-0.05, 0) is 6.26 Å². The Labute approximate surface area is 109 Å². The van der Waals surface area contributed by atoms with E-state index in [1.54, 1.807) is 11.8 Å². The predicted octanol–water partition coefficient (Wildman–Crippen LogP) is -0.166. The monoisotopic (exact) mass is 266 g/mol. The third kappa shape index (κ3) is 2.86. The molecule has 2 N–H and O–H groups in total. The zero-order valence-corrected chi connectivity index (χ0v) is 11.0. The van der Waals surface area contributed by atoms with E-state index in [0.717, 1.165) is 12.3 Å². The van der Waals surface area contributed by atoms with Crippen LogP contribution in [0.3, 0.4) is 0 Å². The van der Waals surface area contributed by atoms with Crippen LogP contribution in [0.15, 0.2) is 12.7 Å². The smallest absolute Gasteiger partial charge is 0.258 e. The standard InChI is InChI=1S/C9H14N8S/c1-16(3-4-18-2)8-13-7(10)14-9(15-8)17-6-11-5-12-17/h5-6H,3-4H2,1-2H3,(H2,10,13,14,15). The van der Waals surface area contributed by atoms with E-state index in [1.807, 2.05) is 11.9 Å². The summed E-state index contributed by atoms with van der Waals surface area (Å²) in [6.45, 7) is 0.835. The third-order valence-electron chi connectivity index (χ3n) is 2.23. The van der Waals surface area contributed by atoms with Crippen molar-refractivity contribution in [3.63, 3.8) is 0 Å². The Morgan fingerprint density at radius 1 is 1.39 bits per heavy atom. The summed E-state index contributed by atoms with van der Waals surface area (Å²) in [5, 5.41) is 3.96. The molecule has 0 aliphatic carbocycles. The zero-order chi connectivity index (χ0) is 13.0. The Balaban J connectivity index is 2.26. The van der Waals surface area contributed by atoms with E-state index in [9.17, 15) is 0 Å². The van der Waals surface area contributed by atoms with Crippen molar-refractivity contribution in [2.45, 2.75) is 0 Å². The van der Waals surface area contributed by atoms with E-state index in [1.165, 1.54) is 17.3 Å². The lowest BCUT2D eigenvalue weighted by Crippen LogP contribution is -2.24. The molecule has 0 aliphatic rings. The molecule has 0 atom stereocenters. The van der Waals surface area contributed by atoms with Crippen LogP contribution >= 0.6 is 11.8 Å². The van der Waals surface area contributed by atoms with Gasteiger partial charge in [0, 0.05) is 19.3 Å². The van der Waals surface area contributed by atoms with Crippen molar-refractivity contribution in [2.75, 3.05) is 36.2 Å². The van der Waals surface area contributed by atoms with E-state index in [0.29, 0.717) is 11.9 Å². The Kier molecular flexibility index (Phi) is 3.92. The molecule has 0 unspecified atom stereocenters. The van der Waals surface area contributed by atoms with Gasteiger partial charge in [-0.2, -0.15) is 36.5 Å². The van der Waals surface area contributed by atoms with E-state index >= 15 is 0 Å². The molecule has 18 heavy (non-hydrogen) atoms. The molecular formula is C9H14N8S. The second-order valence-corrected chi connectivity index (χ2v) is 4.53. The Hall–Kier alpha value is -1.90. The molecule has 2 aromatic rings. The van der Waals surface area contributed by atoms with Crippen molar-refractivity contribution in [1.82, 2.24) is 29.7 Å². The molecular weight excluding hydrogens is 252 g/mol. The van der Waals surface area contributed by atoms with Gasteiger partial charge in [0.05, 0.1) is 0 Å². The fourth-order valence-electron chi connectivity index (χ4n) is 1.28. The summed E-state index contributed by atoms with van der Waals surface area (Å²) in [5.74, 6) is 2.05. The minimum Gasteiger partial charge on any atom is -0.368 e. The molecule has 96 valence electrons. The van der Waals surface area contributed by atoms with Gasteiger partial charge < -0.3 is 10.6 Å². The molecule has 2 rings (SSSR count). The van der Waals surface area contributed by atoms with Crippen LogP contribution in [0.4, 0.5) is 11.9 Å². The molecule has 0 saturated heterocycles. The van der Waals surface area contributed by atoms with E-state index in [2.05, 4.69) is 31.3 Å². The molecule has 0 aromatic carbocycles. The van der Waals surface area contributed by atoms with Crippen molar-refractivity contribution >= 4 is 23.7 Å². The fraction of sp³-hybridized carbons (Fsp3) is 0.444. The SMILES string of the molecule is CSCCN(C)c1nc(N)nc(-n2cncn2)n1. The molecule has 9 heteroatoms. The molecule has 0 bridgehead atoms. The molecule has 0 amide bonds. The highest BCUT2D eigenvalue weighted by Crippen LogP contribution is 2.10. The number of hydrogen-bond acceptors (Lipinski definition) is 8. The van der Waals surface area contributed by atoms with Gasteiger partial charge in [0.2, 0.25) is 11.9 Å². The molecule has 0 fully saturated rings. The van der Waals surface area contributed by atoms with Gasteiger partial charge in [-0.1, -0.05) is 0 Å². The van der Waals surface area contributed by atoms with Gasteiger partial charge in [-0.25, -0.2) is 4.98 Å². The highest BCUT2D eigenvalue weighted by Gasteiger charge is 2.10. The minimum absolute atomic E-state index is 0.168. The molecule has 2 heterocycles. The summed E-state index contributed by atoms with van der Waals surface area (Å²) in [4.78, 5) is 18.2. The van der Waals surface area contributed by atoms with Gasteiger partial charge in [-0.15, -0.1) is 0 Å². The molecule has 8 nitrogen and oxygen atoms in total. The number of nitrogens with zero attached hydrogens (tertiary/aromatic N) is 7. The van der Waals surface area contributed by atoms with Crippen molar-refractivity contribution in [3.05, 3.63) is 12.7 Å². The van der Waals surface area contributed by atoms with Gasteiger partial charge in [0.25, 0.3) is 5.95 Å². The van der Waals surface area contributed by atoms with Crippen LogP contribution < -0.4 is 10.6 Å². The van der Waals surface area contributed by atoms with E-state index < -0.39 is 0 Å². The number of thioether (sulfide) groups is 1. The largest absolute Gasteiger partial charge is 0.368 e. The van der Waals surface area contributed by atoms with Crippen LogP contribution in [0, 0.1) is 0 Å². The lowest BCUT2D eigenvalue weighted by Gasteiger charge is -2.16. The maximum absolute atomic E-state index is 5.68. The summed E-state index contributed by atoms with van der Waals surface area (Å²) in [6.07, 6.45) is 4.98. The first-order valence-corrected chi connectivity index (χ1v) is 6.66. The highest BCUT2D eigenvalue weighted by molar-refractivity contribution is 7.98. The second kappa shape index (κ2) is 5.63. The van der Waals surface area contributed by atoms with Crippen molar-refractivity contribution in [2.24, 2.45) is 0 Å². The van der Waals surface area contributed by atoms with E-state index in [-0.39, 0.29) is 5.95 Å². The highest BCUT2D eigenvalue weighted by atomic mass is 32.2. The summed E-state index contributed by atoms with van der Waals surface area (Å²) in [6, 6.07) is 0. The van der Waals surface area contributed by atoms with Crippen LogP contribution in [0.1, 0.15) is 0 Å². The number of rotatable bonds is 5. The average molecular weight is 266 g/mol. The molecule has 0 saturated carbocycles. The Morgan fingerprint density at radius 2 is 2.22 bits per heavy atom. The molecule has 0 aliphatic heterocycles. The van der Waals surface area contributed by atoms with Gasteiger partial charge in [0.1, 0.15) is 12.7 Å². The molecule has 2 aromatic heterocycles. The van der Waals surface area contributed by atoms with Crippen LogP contribution in [0.2, 0.25) is 0 Å². The number of aromatic nitrogens is 6. The van der Waals surface area contributed by atoms with E-state index in [4.69, 9.17) is 5.73 Å². The molecule has 0 spiro atoms. The first kappa shape index (κ1) is 12.6. The average Bonchev–Trinajstić information content (AvgIpc) is 2.89. The van der Waals surface area contributed by atoms with Crippen LogP contribution in [0.25, 0.3) is 5.95 Å². The number of hydrogen-bond donors (Lipinski definition) is 1. The quantitative estimate of drug-likeness (QED) is 0.796. The van der Waals surface area contributed by atoms with Crippen molar-refractivity contribution in [1.29, 1.82) is 0 Å². The van der Waals surface area contributed by atoms with Crippen LogP contribution in [-0.4, -0.2) is 55.3 Å². The maximum atomic E-state index is 5.68. The van der Waals surface area contributed by atoms with Crippen molar-refractivity contribution in [3.8, 4) is 5.95 Å². The second-order valence-electron chi connectivity index (χ2n) is 3.55. The lowest BCUT2D eigenvalue weighted by molar-refractivity contribution is 0.783.